The van der Waals surface area contributed by atoms with Crippen molar-refractivity contribution in [1.82, 2.24) is 5.32 Å². The van der Waals surface area contributed by atoms with Crippen molar-refractivity contribution in [3.63, 3.8) is 0 Å². The molecule has 4 nitrogen and oxygen atoms in total. The minimum Gasteiger partial charge on any atom is -0.497 e. The van der Waals surface area contributed by atoms with Gasteiger partial charge in [-0.2, -0.15) is 0 Å². The summed E-state index contributed by atoms with van der Waals surface area (Å²) in [6.45, 7) is 2.15. The Bertz CT molecular complexity index is 748. The number of carbonyl (C=O) groups excluding carboxylic acids is 1. The largest absolute Gasteiger partial charge is 0.497 e. The van der Waals surface area contributed by atoms with E-state index in [2.05, 4.69) is 5.32 Å². The summed E-state index contributed by atoms with van der Waals surface area (Å²) in [5, 5.41) is 12.2. The Balaban J connectivity index is 1.73. The first-order chi connectivity index (χ1) is 11.6. The van der Waals surface area contributed by atoms with Crippen molar-refractivity contribution in [2.75, 3.05) is 13.7 Å². The molecule has 126 valence electrons. The average molecular weight is 343 g/mol. The zero-order valence-corrected chi connectivity index (χ0v) is 14.6. The molecule has 0 bridgehead atoms. The number of hydrogen-bond donors (Lipinski definition) is 2. The SMILES string of the molecule is COc1ccc(-c2cc(C(=O)N[C@@H]3C=C[C@H](CO)C3)sc2C)cc1. The summed E-state index contributed by atoms with van der Waals surface area (Å²) in [7, 11) is 1.64. The maximum absolute atomic E-state index is 12.5. The third-order valence-electron chi connectivity index (χ3n) is 4.27. The van der Waals surface area contributed by atoms with E-state index in [9.17, 15) is 4.79 Å². The van der Waals surface area contributed by atoms with Gasteiger partial charge in [-0.3, -0.25) is 4.79 Å². The van der Waals surface area contributed by atoms with Crippen LogP contribution >= 0.6 is 11.3 Å². The van der Waals surface area contributed by atoms with Crippen LogP contribution in [0.2, 0.25) is 0 Å². The fraction of sp³-hybridized carbons (Fsp3) is 0.316. The number of aryl methyl sites for hydroxylation is 1. The molecule has 1 aliphatic rings. The van der Waals surface area contributed by atoms with Gasteiger partial charge in [-0.25, -0.2) is 0 Å². The number of methoxy groups -OCH3 is 1. The standard InChI is InChI=1S/C19H21NO3S/c1-12-17(14-4-7-16(23-2)8-5-14)10-18(24-12)19(22)20-15-6-3-13(9-15)11-21/h3-8,10,13,15,21H,9,11H2,1-2H3,(H,20,22)/t13-,15+/m0/s1. The van der Waals surface area contributed by atoms with Gasteiger partial charge in [0.25, 0.3) is 5.91 Å². The molecule has 1 aliphatic carbocycles. The number of benzene rings is 1. The molecule has 1 aromatic heterocycles. The molecule has 0 spiro atoms. The average Bonchev–Trinajstić information content (AvgIpc) is 3.21. The highest BCUT2D eigenvalue weighted by Crippen LogP contribution is 2.32. The highest BCUT2D eigenvalue weighted by atomic mass is 32.1. The lowest BCUT2D eigenvalue weighted by atomic mass is 10.1. The highest BCUT2D eigenvalue weighted by molar-refractivity contribution is 7.14. The molecule has 1 heterocycles. The summed E-state index contributed by atoms with van der Waals surface area (Å²) in [6.07, 6.45) is 4.69. The van der Waals surface area contributed by atoms with E-state index in [-0.39, 0.29) is 24.5 Å². The first kappa shape index (κ1) is 16.7. The van der Waals surface area contributed by atoms with Crippen LogP contribution in [0.1, 0.15) is 21.0 Å². The number of hydrogen-bond acceptors (Lipinski definition) is 4. The quantitative estimate of drug-likeness (QED) is 0.818. The first-order valence-electron chi connectivity index (χ1n) is 7.95. The molecular formula is C19H21NO3S. The molecule has 0 aliphatic heterocycles. The van der Waals surface area contributed by atoms with Gasteiger partial charge < -0.3 is 15.2 Å². The maximum atomic E-state index is 12.5. The van der Waals surface area contributed by atoms with Gasteiger partial charge in [0, 0.05) is 23.4 Å². The van der Waals surface area contributed by atoms with Gasteiger partial charge in [0.05, 0.1) is 12.0 Å². The summed E-state index contributed by atoms with van der Waals surface area (Å²) in [4.78, 5) is 14.3. The minimum atomic E-state index is -0.0592. The minimum absolute atomic E-state index is 0.00138. The zero-order valence-electron chi connectivity index (χ0n) is 13.8. The molecule has 0 fully saturated rings. The van der Waals surface area contributed by atoms with Crippen LogP contribution in [0.15, 0.2) is 42.5 Å². The van der Waals surface area contributed by atoms with Crippen molar-refractivity contribution in [3.05, 3.63) is 52.2 Å². The van der Waals surface area contributed by atoms with E-state index in [1.165, 1.54) is 11.3 Å². The third kappa shape index (κ3) is 3.52. The lowest BCUT2D eigenvalue weighted by Gasteiger charge is -2.11. The number of ether oxygens (including phenoxy) is 1. The van der Waals surface area contributed by atoms with E-state index in [1.54, 1.807) is 7.11 Å². The molecule has 0 saturated carbocycles. The smallest absolute Gasteiger partial charge is 0.261 e. The second-order valence-electron chi connectivity index (χ2n) is 5.95. The number of rotatable bonds is 5. The van der Waals surface area contributed by atoms with Crippen LogP contribution in [0.25, 0.3) is 11.1 Å². The van der Waals surface area contributed by atoms with Crippen molar-refractivity contribution < 1.29 is 14.6 Å². The third-order valence-corrected chi connectivity index (χ3v) is 5.32. The predicted molar refractivity (Wildman–Crippen MR) is 96.6 cm³/mol. The van der Waals surface area contributed by atoms with Crippen LogP contribution < -0.4 is 10.1 Å². The zero-order chi connectivity index (χ0) is 17.1. The summed E-state index contributed by atoms with van der Waals surface area (Å²) in [5.74, 6) is 0.905. The molecule has 1 aromatic carbocycles. The van der Waals surface area contributed by atoms with Crippen molar-refractivity contribution in [2.24, 2.45) is 5.92 Å². The molecule has 5 heteroatoms. The van der Waals surface area contributed by atoms with Crippen LogP contribution in [0.3, 0.4) is 0 Å². The predicted octanol–water partition coefficient (Wildman–Crippen LogP) is 3.40. The van der Waals surface area contributed by atoms with Crippen LogP contribution in [-0.4, -0.2) is 30.8 Å². The van der Waals surface area contributed by atoms with E-state index < -0.39 is 0 Å². The molecule has 2 atom stereocenters. The van der Waals surface area contributed by atoms with E-state index in [0.717, 1.165) is 28.2 Å². The second kappa shape index (κ2) is 7.20. The molecule has 0 saturated heterocycles. The van der Waals surface area contributed by atoms with E-state index in [1.807, 2.05) is 49.4 Å². The van der Waals surface area contributed by atoms with Crippen molar-refractivity contribution in [3.8, 4) is 16.9 Å². The van der Waals surface area contributed by atoms with Crippen molar-refractivity contribution in [2.45, 2.75) is 19.4 Å². The lowest BCUT2D eigenvalue weighted by molar-refractivity contribution is 0.0945. The lowest BCUT2D eigenvalue weighted by Crippen LogP contribution is -2.32. The van der Waals surface area contributed by atoms with Crippen molar-refractivity contribution in [1.29, 1.82) is 0 Å². The maximum Gasteiger partial charge on any atom is 0.261 e. The van der Waals surface area contributed by atoms with Gasteiger partial charge in [0.1, 0.15) is 5.75 Å². The normalized spacial score (nSPS) is 19.5. The number of nitrogens with one attached hydrogen (secondary N) is 1. The Morgan fingerprint density at radius 3 is 2.71 bits per heavy atom. The fourth-order valence-electron chi connectivity index (χ4n) is 2.91. The van der Waals surface area contributed by atoms with Gasteiger partial charge in [0.2, 0.25) is 0 Å². The molecular weight excluding hydrogens is 322 g/mol. The second-order valence-corrected chi connectivity index (χ2v) is 7.21. The number of carbonyl (C=O) groups is 1. The Labute approximate surface area is 145 Å². The Kier molecular flexibility index (Phi) is 5.02. The Hall–Kier alpha value is -2.11. The monoisotopic (exact) mass is 343 g/mol. The number of aliphatic hydroxyl groups is 1. The van der Waals surface area contributed by atoms with Crippen LogP contribution in [0, 0.1) is 12.8 Å². The van der Waals surface area contributed by atoms with Crippen LogP contribution in [0.5, 0.6) is 5.75 Å². The van der Waals surface area contributed by atoms with Gasteiger partial charge in [-0.1, -0.05) is 24.3 Å². The molecule has 0 radical (unpaired) electrons. The Morgan fingerprint density at radius 1 is 1.33 bits per heavy atom. The van der Waals surface area contributed by atoms with Gasteiger partial charge >= 0.3 is 0 Å². The van der Waals surface area contributed by atoms with E-state index in [0.29, 0.717) is 4.88 Å². The first-order valence-corrected chi connectivity index (χ1v) is 8.77. The van der Waals surface area contributed by atoms with Gasteiger partial charge in [-0.15, -0.1) is 11.3 Å². The van der Waals surface area contributed by atoms with Crippen LogP contribution in [0.4, 0.5) is 0 Å². The van der Waals surface area contributed by atoms with Crippen molar-refractivity contribution >= 4 is 17.2 Å². The molecule has 2 N–H and O–H groups in total. The Morgan fingerprint density at radius 2 is 2.08 bits per heavy atom. The number of aliphatic hydroxyl groups excluding tert-OH is 1. The molecule has 0 unspecified atom stereocenters. The molecule has 2 aromatic rings. The number of amides is 1. The number of thiophene rings is 1. The van der Waals surface area contributed by atoms with Gasteiger partial charge in [0.15, 0.2) is 0 Å². The topological polar surface area (TPSA) is 58.6 Å². The van der Waals surface area contributed by atoms with Crippen LogP contribution in [-0.2, 0) is 0 Å². The molecule has 24 heavy (non-hydrogen) atoms. The summed E-state index contributed by atoms with van der Waals surface area (Å²) >= 11 is 1.50. The summed E-state index contributed by atoms with van der Waals surface area (Å²) in [6, 6.07) is 9.79. The van der Waals surface area contributed by atoms with E-state index >= 15 is 0 Å². The summed E-state index contributed by atoms with van der Waals surface area (Å²) < 4.78 is 5.19. The fourth-order valence-corrected chi connectivity index (χ4v) is 3.85. The van der Waals surface area contributed by atoms with E-state index in [4.69, 9.17) is 9.84 Å². The summed E-state index contributed by atoms with van der Waals surface area (Å²) in [5.41, 5.74) is 2.15. The molecule has 3 rings (SSSR count). The van der Waals surface area contributed by atoms with Gasteiger partial charge in [-0.05, 0) is 42.7 Å². The molecule has 1 amide bonds. The highest BCUT2D eigenvalue weighted by Gasteiger charge is 2.21.